The Bertz CT molecular complexity index is 434. The fourth-order valence-electron chi connectivity index (χ4n) is 2.36. The van der Waals surface area contributed by atoms with E-state index in [1.165, 1.54) is 12.8 Å². The largest absolute Gasteiger partial charge is 0.388 e. The maximum atomic E-state index is 5.65. The molecule has 0 radical (unpaired) electrons. The van der Waals surface area contributed by atoms with E-state index in [2.05, 4.69) is 29.1 Å². The van der Waals surface area contributed by atoms with Crippen LogP contribution in [0.15, 0.2) is 12.4 Å². The van der Waals surface area contributed by atoms with Crippen LogP contribution in [0.4, 0.5) is 5.82 Å². The lowest BCUT2D eigenvalue weighted by Gasteiger charge is -2.34. The number of hydrogen-bond acceptors (Lipinski definition) is 4. The molecule has 18 heavy (non-hydrogen) atoms. The third-order valence-electron chi connectivity index (χ3n) is 3.61. The van der Waals surface area contributed by atoms with E-state index in [0.717, 1.165) is 18.7 Å². The fraction of sp³-hybridized carbons (Fsp3) is 0.615. The first-order valence-electron chi connectivity index (χ1n) is 6.35. The van der Waals surface area contributed by atoms with Gasteiger partial charge in [-0.3, -0.25) is 0 Å². The standard InChI is InChI=1S/C13H20N4S/c1-13(2)5-3-9(4-6-13)17-12-10(11(14)18)15-7-8-16-12/h7-9H,3-6H2,1-2H3,(H2,14,18)(H,16,17). The number of nitrogens with zero attached hydrogens (tertiary/aromatic N) is 2. The Kier molecular flexibility index (Phi) is 3.80. The van der Waals surface area contributed by atoms with Gasteiger partial charge in [0.2, 0.25) is 0 Å². The van der Waals surface area contributed by atoms with Crippen LogP contribution in [0.2, 0.25) is 0 Å². The second-order valence-electron chi connectivity index (χ2n) is 5.70. The summed E-state index contributed by atoms with van der Waals surface area (Å²) in [6.45, 7) is 4.65. The fourth-order valence-corrected chi connectivity index (χ4v) is 2.51. The van der Waals surface area contributed by atoms with Crippen molar-refractivity contribution in [3.05, 3.63) is 18.1 Å². The van der Waals surface area contributed by atoms with E-state index in [-0.39, 0.29) is 0 Å². The van der Waals surface area contributed by atoms with E-state index in [1.54, 1.807) is 12.4 Å². The summed E-state index contributed by atoms with van der Waals surface area (Å²) in [5.74, 6) is 0.717. The van der Waals surface area contributed by atoms with E-state index in [9.17, 15) is 0 Å². The minimum atomic E-state index is 0.293. The minimum Gasteiger partial charge on any atom is -0.388 e. The number of hydrogen-bond donors (Lipinski definition) is 2. The first kappa shape index (κ1) is 13.2. The van der Waals surface area contributed by atoms with E-state index < -0.39 is 0 Å². The highest BCUT2D eigenvalue weighted by molar-refractivity contribution is 7.80. The molecule has 0 bridgehead atoms. The molecular weight excluding hydrogens is 244 g/mol. The summed E-state index contributed by atoms with van der Waals surface area (Å²) in [6.07, 6.45) is 8.04. The summed E-state index contributed by atoms with van der Waals surface area (Å²) in [4.78, 5) is 8.76. The molecule has 1 heterocycles. The second-order valence-corrected chi connectivity index (χ2v) is 6.14. The van der Waals surface area contributed by atoms with Gasteiger partial charge >= 0.3 is 0 Å². The quantitative estimate of drug-likeness (QED) is 0.821. The number of aromatic nitrogens is 2. The van der Waals surface area contributed by atoms with Crippen molar-refractivity contribution < 1.29 is 0 Å². The first-order valence-corrected chi connectivity index (χ1v) is 6.76. The van der Waals surface area contributed by atoms with Gasteiger partial charge in [0, 0.05) is 18.4 Å². The normalized spacial score (nSPS) is 19.4. The SMILES string of the molecule is CC1(C)CCC(Nc2nccnc2C(N)=S)CC1. The molecule has 0 saturated heterocycles. The van der Waals surface area contributed by atoms with Crippen molar-refractivity contribution in [3.8, 4) is 0 Å². The molecule has 1 aliphatic carbocycles. The smallest absolute Gasteiger partial charge is 0.155 e. The molecule has 3 N–H and O–H groups in total. The van der Waals surface area contributed by atoms with Crippen LogP contribution in [0.5, 0.6) is 0 Å². The van der Waals surface area contributed by atoms with Crippen LogP contribution in [-0.2, 0) is 0 Å². The van der Waals surface area contributed by atoms with Crippen LogP contribution in [-0.4, -0.2) is 21.0 Å². The molecule has 0 spiro atoms. The van der Waals surface area contributed by atoms with Gasteiger partial charge in [-0.1, -0.05) is 26.1 Å². The lowest BCUT2D eigenvalue weighted by molar-refractivity contribution is 0.232. The summed E-state index contributed by atoms with van der Waals surface area (Å²) < 4.78 is 0. The lowest BCUT2D eigenvalue weighted by atomic mass is 9.75. The van der Waals surface area contributed by atoms with Gasteiger partial charge in [-0.05, 0) is 31.1 Å². The number of nitrogens with two attached hydrogens (primary N) is 1. The zero-order valence-corrected chi connectivity index (χ0v) is 11.8. The molecule has 4 nitrogen and oxygen atoms in total. The molecule has 98 valence electrons. The minimum absolute atomic E-state index is 0.293. The molecule has 5 heteroatoms. The molecule has 1 saturated carbocycles. The predicted molar refractivity (Wildman–Crippen MR) is 77.6 cm³/mol. The van der Waals surface area contributed by atoms with Crippen LogP contribution in [0.3, 0.4) is 0 Å². The number of anilines is 1. The van der Waals surface area contributed by atoms with Gasteiger partial charge in [-0.2, -0.15) is 0 Å². The van der Waals surface area contributed by atoms with Crippen molar-refractivity contribution in [2.45, 2.75) is 45.6 Å². The average molecular weight is 264 g/mol. The average Bonchev–Trinajstić information content (AvgIpc) is 2.32. The van der Waals surface area contributed by atoms with Crippen molar-refractivity contribution in [2.24, 2.45) is 11.1 Å². The second kappa shape index (κ2) is 5.18. The Labute approximate surface area is 113 Å². The molecule has 1 aromatic rings. The Morgan fingerprint density at radius 2 is 1.94 bits per heavy atom. The summed E-state index contributed by atoms with van der Waals surface area (Å²) in [6, 6.07) is 0.447. The van der Waals surface area contributed by atoms with Gasteiger partial charge in [-0.15, -0.1) is 0 Å². The van der Waals surface area contributed by atoms with Crippen molar-refractivity contribution >= 4 is 23.0 Å². The van der Waals surface area contributed by atoms with Crippen molar-refractivity contribution in [1.29, 1.82) is 0 Å². The van der Waals surface area contributed by atoms with Crippen LogP contribution < -0.4 is 11.1 Å². The summed E-state index contributed by atoms with van der Waals surface area (Å²) >= 11 is 4.99. The highest BCUT2D eigenvalue weighted by atomic mass is 32.1. The molecule has 2 rings (SSSR count). The Morgan fingerprint density at radius 3 is 2.56 bits per heavy atom. The van der Waals surface area contributed by atoms with Crippen LogP contribution in [0.25, 0.3) is 0 Å². The Morgan fingerprint density at radius 1 is 1.33 bits per heavy atom. The highest BCUT2D eigenvalue weighted by Gasteiger charge is 2.27. The van der Waals surface area contributed by atoms with Gasteiger partial charge in [0.25, 0.3) is 0 Å². The van der Waals surface area contributed by atoms with Gasteiger partial charge in [0.15, 0.2) is 5.82 Å². The monoisotopic (exact) mass is 264 g/mol. The zero-order chi connectivity index (χ0) is 13.2. The van der Waals surface area contributed by atoms with E-state index >= 15 is 0 Å². The van der Waals surface area contributed by atoms with Crippen molar-refractivity contribution in [2.75, 3.05) is 5.32 Å². The summed E-state index contributed by atoms with van der Waals surface area (Å²) in [5.41, 5.74) is 6.71. The molecule has 1 aromatic heterocycles. The van der Waals surface area contributed by atoms with Gasteiger partial charge in [0.05, 0.1) is 0 Å². The third kappa shape index (κ3) is 3.16. The van der Waals surface area contributed by atoms with Crippen molar-refractivity contribution in [1.82, 2.24) is 9.97 Å². The molecule has 0 atom stereocenters. The summed E-state index contributed by atoms with van der Waals surface area (Å²) in [7, 11) is 0. The number of thiocarbonyl (C=S) groups is 1. The number of rotatable bonds is 3. The van der Waals surface area contributed by atoms with Gasteiger partial charge in [0.1, 0.15) is 10.7 Å². The molecule has 0 amide bonds. The Hall–Kier alpha value is -1.23. The Balaban J connectivity index is 2.04. The van der Waals surface area contributed by atoms with E-state index in [1.807, 2.05) is 0 Å². The van der Waals surface area contributed by atoms with Crippen molar-refractivity contribution in [3.63, 3.8) is 0 Å². The molecular formula is C13H20N4S. The number of nitrogens with one attached hydrogen (secondary N) is 1. The highest BCUT2D eigenvalue weighted by Crippen LogP contribution is 2.36. The molecule has 1 fully saturated rings. The van der Waals surface area contributed by atoms with Crippen LogP contribution >= 0.6 is 12.2 Å². The van der Waals surface area contributed by atoms with Gasteiger partial charge < -0.3 is 11.1 Å². The first-order chi connectivity index (χ1) is 8.48. The molecule has 1 aliphatic rings. The van der Waals surface area contributed by atoms with E-state index in [0.29, 0.717) is 22.1 Å². The lowest BCUT2D eigenvalue weighted by Crippen LogP contribution is -2.31. The van der Waals surface area contributed by atoms with Gasteiger partial charge in [-0.25, -0.2) is 9.97 Å². The van der Waals surface area contributed by atoms with Crippen LogP contribution in [0.1, 0.15) is 45.2 Å². The molecule has 0 unspecified atom stereocenters. The molecule has 0 aliphatic heterocycles. The molecule has 0 aromatic carbocycles. The maximum Gasteiger partial charge on any atom is 0.155 e. The maximum absolute atomic E-state index is 5.65. The summed E-state index contributed by atoms with van der Waals surface area (Å²) in [5, 5.41) is 3.43. The predicted octanol–water partition coefficient (Wildman–Crippen LogP) is 2.49. The van der Waals surface area contributed by atoms with E-state index in [4.69, 9.17) is 18.0 Å². The third-order valence-corrected chi connectivity index (χ3v) is 3.80. The van der Waals surface area contributed by atoms with Crippen LogP contribution in [0, 0.1) is 5.41 Å². The topological polar surface area (TPSA) is 63.8 Å². The zero-order valence-electron chi connectivity index (χ0n) is 10.9.